The standard InChI is InChI=1S/C16H21NO5S/c1-3-23(20,21)14-7-5-4-6-13(14)16(19)22-10-15(18)17-11(2)12-8-9-12/h4-7,11-12H,3,8-10H2,1-2H3,(H,17,18)/t11-/m0/s1. The minimum absolute atomic E-state index is 0.0441. The highest BCUT2D eigenvalue weighted by Crippen LogP contribution is 2.32. The van der Waals surface area contributed by atoms with E-state index in [0.717, 1.165) is 12.8 Å². The Hall–Kier alpha value is -1.89. The van der Waals surface area contributed by atoms with Crippen molar-refractivity contribution in [2.24, 2.45) is 5.92 Å². The fourth-order valence-electron chi connectivity index (χ4n) is 2.28. The van der Waals surface area contributed by atoms with Crippen LogP contribution in [-0.2, 0) is 19.4 Å². The summed E-state index contributed by atoms with van der Waals surface area (Å²) in [5, 5.41) is 2.77. The van der Waals surface area contributed by atoms with Crippen LogP contribution in [0, 0.1) is 5.92 Å². The van der Waals surface area contributed by atoms with Crippen molar-refractivity contribution in [3.8, 4) is 0 Å². The van der Waals surface area contributed by atoms with E-state index in [4.69, 9.17) is 4.74 Å². The first-order valence-corrected chi connectivity index (χ1v) is 9.28. The highest BCUT2D eigenvalue weighted by atomic mass is 32.2. The highest BCUT2D eigenvalue weighted by molar-refractivity contribution is 7.91. The maximum atomic E-state index is 12.1. The minimum atomic E-state index is -3.54. The van der Waals surface area contributed by atoms with Crippen molar-refractivity contribution in [1.82, 2.24) is 5.32 Å². The average molecular weight is 339 g/mol. The van der Waals surface area contributed by atoms with E-state index in [1.165, 1.54) is 19.1 Å². The predicted molar refractivity (Wildman–Crippen MR) is 84.8 cm³/mol. The van der Waals surface area contributed by atoms with Crippen molar-refractivity contribution in [2.45, 2.75) is 37.6 Å². The van der Waals surface area contributed by atoms with Gasteiger partial charge in [-0.3, -0.25) is 4.79 Å². The molecule has 1 aliphatic carbocycles. The molecule has 0 aromatic heterocycles. The Morgan fingerprint density at radius 3 is 2.57 bits per heavy atom. The molecule has 1 aromatic rings. The first kappa shape index (κ1) is 17.5. The van der Waals surface area contributed by atoms with E-state index in [1.807, 2.05) is 6.92 Å². The number of benzene rings is 1. The smallest absolute Gasteiger partial charge is 0.339 e. The van der Waals surface area contributed by atoms with Crippen LogP contribution in [0.5, 0.6) is 0 Å². The molecule has 23 heavy (non-hydrogen) atoms. The molecular weight excluding hydrogens is 318 g/mol. The van der Waals surface area contributed by atoms with Crippen LogP contribution in [0.2, 0.25) is 0 Å². The summed E-state index contributed by atoms with van der Waals surface area (Å²) in [6.07, 6.45) is 2.20. The Morgan fingerprint density at radius 1 is 1.30 bits per heavy atom. The van der Waals surface area contributed by atoms with Gasteiger partial charge in [0.15, 0.2) is 16.4 Å². The van der Waals surface area contributed by atoms with E-state index >= 15 is 0 Å². The number of rotatable bonds is 7. The lowest BCUT2D eigenvalue weighted by atomic mass is 10.2. The largest absolute Gasteiger partial charge is 0.452 e. The lowest BCUT2D eigenvalue weighted by molar-refractivity contribution is -0.125. The molecule has 126 valence electrons. The molecule has 1 fully saturated rings. The summed E-state index contributed by atoms with van der Waals surface area (Å²) in [6, 6.07) is 5.92. The Balaban J connectivity index is 1.99. The Bertz CT molecular complexity index is 694. The number of sulfone groups is 1. The zero-order valence-corrected chi connectivity index (χ0v) is 14.1. The SMILES string of the molecule is CCS(=O)(=O)c1ccccc1C(=O)OCC(=O)N[C@@H](C)C1CC1. The molecular formula is C16H21NO5S. The van der Waals surface area contributed by atoms with Crippen molar-refractivity contribution < 1.29 is 22.7 Å². The van der Waals surface area contributed by atoms with Crippen LogP contribution in [-0.4, -0.2) is 38.7 Å². The molecule has 0 radical (unpaired) electrons. The van der Waals surface area contributed by atoms with Crippen molar-refractivity contribution in [3.63, 3.8) is 0 Å². The molecule has 0 saturated heterocycles. The van der Waals surface area contributed by atoms with Crippen LogP contribution < -0.4 is 5.32 Å². The number of nitrogens with one attached hydrogen (secondary N) is 1. The molecule has 1 saturated carbocycles. The molecule has 1 N–H and O–H groups in total. The zero-order chi connectivity index (χ0) is 17.0. The topological polar surface area (TPSA) is 89.5 Å². The summed E-state index contributed by atoms with van der Waals surface area (Å²) in [4.78, 5) is 23.8. The molecule has 0 bridgehead atoms. The van der Waals surface area contributed by atoms with Crippen LogP contribution in [0.25, 0.3) is 0 Å². The third-order valence-electron chi connectivity index (χ3n) is 3.87. The summed E-state index contributed by atoms with van der Waals surface area (Å²) in [7, 11) is -3.54. The molecule has 0 spiro atoms. The lowest BCUT2D eigenvalue weighted by Gasteiger charge is -2.13. The number of carbonyl (C=O) groups excluding carboxylic acids is 2. The van der Waals surface area contributed by atoms with Crippen molar-refractivity contribution in [2.75, 3.05) is 12.4 Å². The first-order valence-electron chi connectivity index (χ1n) is 7.63. The number of amides is 1. The van der Waals surface area contributed by atoms with Gasteiger partial charge in [0.1, 0.15) is 0 Å². The lowest BCUT2D eigenvalue weighted by Crippen LogP contribution is -2.37. The summed E-state index contributed by atoms with van der Waals surface area (Å²) in [5.74, 6) is -0.804. The molecule has 2 rings (SSSR count). The summed E-state index contributed by atoms with van der Waals surface area (Å²) in [5.41, 5.74) is -0.0441. The van der Waals surface area contributed by atoms with Gasteiger partial charge in [-0.05, 0) is 37.8 Å². The fourth-order valence-corrected chi connectivity index (χ4v) is 3.36. The van der Waals surface area contributed by atoms with E-state index < -0.39 is 22.4 Å². The maximum absolute atomic E-state index is 12.1. The number of ether oxygens (including phenoxy) is 1. The summed E-state index contributed by atoms with van der Waals surface area (Å²) < 4.78 is 29.0. The van der Waals surface area contributed by atoms with Crippen molar-refractivity contribution >= 4 is 21.7 Å². The van der Waals surface area contributed by atoms with Gasteiger partial charge < -0.3 is 10.1 Å². The molecule has 0 aliphatic heterocycles. The fraction of sp³-hybridized carbons (Fsp3) is 0.500. The third-order valence-corrected chi connectivity index (χ3v) is 5.66. The third kappa shape index (κ3) is 4.54. The molecule has 0 unspecified atom stereocenters. The predicted octanol–water partition coefficient (Wildman–Crippen LogP) is 1.55. The van der Waals surface area contributed by atoms with Crippen LogP contribution in [0.1, 0.15) is 37.0 Å². The van der Waals surface area contributed by atoms with E-state index in [1.54, 1.807) is 12.1 Å². The van der Waals surface area contributed by atoms with Gasteiger partial charge in [0.2, 0.25) is 0 Å². The molecule has 1 atom stereocenters. The molecule has 1 aromatic carbocycles. The number of hydrogen-bond acceptors (Lipinski definition) is 5. The van der Waals surface area contributed by atoms with Crippen LogP contribution in [0.4, 0.5) is 0 Å². The van der Waals surface area contributed by atoms with E-state index in [2.05, 4.69) is 5.32 Å². The van der Waals surface area contributed by atoms with E-state index in [-0.39, 0.29) is 28.2 Å². The minimum Gasteiger partial charge on any atom is -0.452 e. The second kappa shape index (κ2) is 7.12. The summed E-state index contributed by atoms with van der Waals surface area (Å²) in [6.45, 7) is 3.00. The van der Waals surface area contributed by atoms with Crippen LogP contribution in [0.3, 0.4) is 0 Å². The first-order chi connectivity index (χ1) is 10.8. The normalized spacial score (nSPS) is 15.7. The van der Waals surface area contributed by atoms with Crippen molar-refractivity contribution in [3.05, 3.63) is 29.8 Å². The number of carbonyl (C=O) groups is 2. The zero-order valence-electron chi connectivity index (χ0n) is 13.2. The molecule has 1 aliphatic rings. The van der Waals surface area contributed by atoms with Gasteiger partial charge in [-0.15, -0.1) is 0 Å². The van der Waals surface area contributed by atoms with Gasteiger partial charge in [0, 0.05) is 6.04 Å². The molecule has 7 heteroatoms. The van der Waals surface area contributed by atoms with Gasteiger partial charge in [-0.1, -0.05) is 19.1 Å². The highest BCUT2D eigenvalue weighted by Gasteiger charge is 2.29. The Labute approximate surface area is 136 Å². The van der Waals surface area contributed by atoms with Crippen molar-refractivity contribution in [1.29, 1.82) is 0 Å². The monoisotopic (exact) mass is 339 g/mol. The van der Waals surface area contributed by atoms with E-state index in [9.17, 15) is 18.0 Å². The number of hydrogen-bond donors (Lipinski definition) is 1. The Morgan fingerprint density at radius 2 is 1.96 bits per heavy atom. The van der Waals surface area contributed by atoms with E-state index in [0.29, 0.717) is 5.92 Å². The Kier molecular flexibility index (Phi) is 5.41. The van der Waals surface area contributed by atoms with Gasteiger partial charge >= 0.3 is 5.97 Å². The maximum Gasteiger partial charge on any atom is 0.339 e. The van der Waals surface area contributed by atoms with Crippen LogP contribution >= 0.6 is 0 Å². The van der Waals surface area contributed by atoms with Gasteiger partial charge in [0.25, 0.3) is 5.91 Å². The second-order valence-electron chi connectivity index (χ2n) is 5.67. The average Bonchev–Trinajstić information content (AvgIpc) is 3.37. The quantitative estimate of drug-likeness (QED) is 0.761. The number of esters is 1. The van der Waals surface area contributed by atoms with Gasteiger partial charge in [-0.25, -0.2) is 13.2 Å². The molecule has 6 nitrogen and oxygen atoms in total. The second-order valence-corrected chi connectivity index (χ2v) is 7.92. The molecule has 1 amide bonds. The molecule has 0 heterocycles. The van der Waals surface area contributed by atoms with Crippen LogP contribution in [0.15, 0.2) is 29.2 Å². The summed E-state index contributed by atoms with van der Waals surface area (Å²) >= 11 is 0. The van der Waals surface area contributed by atoms with Gasteiger partial charge in [0.05, 0.1) is 16.2 Å². The van der Waals surface area contributed by atoms with Gasteiger partial charge in [-0.2, -0.15) is 0 Å².